The minimum Gasteiger partial charge on any atom is -0.494 e. The van der Waals surface area contributed by atoms with E-state index in [4.69, 9.17) is 9.47 Å². The van der Waals surface area contributed by atoms with Crippen molar-refractivity contribution in [3.63, 3.8) is 0 Å². The zero-order valence-corrected chi connectivity index (χ0v) is 19.6. The number of methoxy groups -OCH3 is 2. The summed E-state index contributed by atoms with van der Waals surface area (Å²) in [6, 6.07) is 2.75. The number of rotatable bonds is 7. The Labute approximate surface area is 193 Å². The van der Waals surface area contributed by atoms with Gasteiger partial charge in [-0.3, -0.25) is 4.40 Å². The number of carbonyl (C=O) groups excluding carboxylic acids is 1. The summed E-state index contributed by atoms with van der Waals surface area (Å²) in [7, 11) is 2.59. The summed E-state index contributed by atoms with van der Waals surface area (Å²) in [6.45, 7) is 3.59. The molecule has 0 aliphatic heterocycles. The number of thioether (sulfide) groups is 1. The number of hydrogen-bond acceptors (Lipinski definition) is 7. The topological polar surface area (TPSA) is 78.6 Å². The lowest BCUT2D eigenvalue weighted by atomic mass is 9.90. The normalized spacial score (nSPS) is 11.8. The van der Waals surface area contributed by atoms with E-state index < -0.39 is 17.0 Å². The molecule has 0 aliphatic carbocycles. The van der Waals surface area contributed by atoms with E-state index in [-0.39, 0.29) is 28.3 Å². The SMILES string of the molecule is COc1cc(OC)c(F)c(-c2cc3cnc(SC)nc3n3cc(CC(C)(C)C=O)nc23)c1F. The van der Waals surface area contributed by atoms with Crippen molar-refractivity contribution < 1.29 is 23.0 Å². The van der Waals surface area contributed by atoms with Crippen LogP contribution in [0.1, 0.15) is 19.5 Å². The molecule has 172 valence electrons. The van der Waals surface area contributed by atoms with E-state index in [2.05, 4.69) is 15.0 Å². The largest absolute Gasteiger partial charge is 0.494 e. The number of aromatic nitrogens is 4. The molecular weight excluding hydrogens is 450 g/mol. The molecule has 0 unspecified atom stereocenters. The van der Waals surface area contributed by atoms with Crippen LogP contribution in [0.15, 0.2) is 29.7 Å². The Bertz CT molecular complexity index is 1360. The first-order chi connectivity index (χ1) is 15.7. The van der Waals surface area contributed by atoms with Gasteiger partial charge in [-0.05, 0) is 12.3 Å². The van der Waals surface area contributed by atoms with E-state index in [9.17, 15) is 4.79 Å². The lowest BCUT2D eigenvalue weighted by Gasteiger charge is -2.14. The maximum absolute atomic E-state index is 15.4. The zero-order valence-electron chi connectivity index (χ0n) is 18.8. The number of fused-ring (bicyclic) bond motifs is 3. The summed E-state index contributed by atoms with van der Waals surface area (Å²) in [4.78, 5) is 25.0. The molecule has 0 fully saturated rings. The number of imidazole rings is 1. The van der Waals surface area contributed by atoms with Crippen molar-refractivity contribution in [3.8, 4) is 22.6 Å². The highest BCUT2D eigenvalue weighted by molar-refractivity contribution is 7.98. The Morgan fingerprint density at radius 3 is 2.33 bits per heavy atom. The fraction of sp³-hybridized carbons (Fsp3) is 0.304. The quantitative estimate of drug-likeness (QED) is 0.219. The third kappa shape index (κ3) is 3.99. The predicted molar refractivity (Wildman–Crippen MR) is 122 cm³/mol. The van der Waals surface area contributed by atoms with Crippen molar-refractivity contribution in [1.82, 2.24) is 19.4 Å². The second-order valence-corrected chi connectivity index (χ2v) is 8.96. The van der Waals surface area contributed by atoms with Crippen molar-refractivity contribution >= 4 is 34.7 Å². The van der Waals surface area contributed by atoms with Crippen molar-refractivity contribution in [2.24, 2.45) is 5.41 Å². The molecule has 0 spiro atoms. The fourth-order valence-corrected chi connectivity index (χ4v) is 4.00. The average molecular weight is 473 g/mol. The number of aldehydes is 1. The first-order valence-corrected chi connectivity index (χ1v) is 11.2. The number of halogens is 2. The number of benzene rings is 1. The highest BCUT2D eigenvalue weighted by Crippen LogP contribution is 2.40. The third-order valence-electron chi connectivity index (χ3n) is 5.28. The fourth-order valence-electron chi connectivity index (χ4n) is 3.66. The minimum absolute atomic E-state index is 0.163. The monoisotopic (exact) mass is 472 g/mol. The third-order valence-corrected chi connectivity index (χ3v) is 5.84. The van der Waals surface area contributed by atoms with Crippen LogP contribution in [0.2, 0.25) is 0 Å². The van der Waals surface area contributed by atoms with Crippen LogP contribution >= 0.6 is 11.8 Å². The Hall–Kier alpha value is -3.27. The molecule has 4 aromatic rings. The second kappa shape index (κ2) is 8.58. The maximum atomic E-state index is 15.4. The minimum atomic E-state index is -0.878. The summed E-state index contributed by atoms with van der Waals surface area (Å²) in [5, 5.41) is 1.11. The van der Waals surface area contributed by atoms with E-state index in [1.807, 2.05) is 6.26 Å². The molecule has 7 nitrogen and oxygen atoms in total. The van der Waals surface area contributed by atoms with Crippen molar-refractivity contribution in [1.29, 1.82) is 0 Å². The summed E-state index contributed by atoms with van der Waals surface area (Å²) < 4.78 is 42.6. The summed E-state index contributed by atoms with van der Waals surface area (Å²) in [5.41, 5.74) is 0.595. The number of nitrogens with zero attached hydrogens (tertiary/aromatic N) is 4. The van der Waals surface area contributed by atoms with Gasteiger partial charge in [0.15, 0.2) is 28.3 Å². The number of pyridine rings is 1. The van der Waals surface area contributed by atoms with Crippen LogP contribution in [0.3, 0.4) is 0 Å². The summed E-state index contributed by atoms with van der Waals surface area (Å²) in [6.07, 6.45) is 6.38. The number of hydrogen-bond donors (Lipinski definition) is 0. The van der Waals surface area contributed by atoms with Crippen LogP contribution in [0.5, 0.6) is 11.5 Å². The first kappa shape index (κ1) is 22.9. The van der Waals surface area contributed by atoms with Gasteiger partial charge in [-0.1, -0.05) is 25.6 Å². The van der Waals surface area contributed by atoms with E-state index in [0.29, 0.717) is 28.3 Å². The summed E-state index contributed by atoms with van der Waals surface area (Å²) >= 11 is 1.37. The average Bonchev–Trinajstić information content (AvgIpc) is 3.22. The molecule has 0 N–H and O–H groups in total. The van der Waals surface area contributed by atoms with Gasteiger partial charge in [-0.15, -0.1) is 0 Å². The molecule has 0 atom stereocenters. The van der Waals surface area contributed by atoms with Gasteiger partial charge in [-0.2, -0.15) is 0 Å². The molecule has 3 aromatic heterocycles. The van der Waals surface area contributed by atoms with Gasteiger partial charge in [0.05, 0.1) is 25.5 Å². The van der Waals surface area contributed by atoms with Crippen LogP contribution in [-0.4, -0.2) is 46.1 Å². The van der Waals surface area contributed by atoms with Gasteiger partial charge in [0, 0.05) is 41.2 Å². The Morgan fingerprint density at radius 2 is 1.76 bits per heavy atom. The standard InChI is InChI=1S/C23H22F2N4O3S/c1-23(2,11-30)8-13-10-29-20-12(9-26-22(28-20)33-5)6-14(21(29)27-13)17-18(24)15(31-3)7-16(32-4)19(17)25/h6-7,9-11H,8H2,1-5H3. The van der Waals surface area contributed by atoms with Crippen LogP contribution in [0.25, 0.3) is 27.8 Å². The molecule has 33 heavy (non-hydrogen) atoms. The zero-order chi connectivity index (χ0) is 23.9. The molecule has 0 aliphatic rings. The molecule has 1 aromatic carbocycles. The molecule has 0 saturated heterocycles. The van der Waals surface area contributed by atoms with Gasteiger partial charge >= 0.3 is 0 Å². The lowest BCUT2D eigenvalue weighted by Crippen LogP contribution is -2.16. The van der Waals surface area contributed by atoms with Crippen LogP contribution in [-0.2, 0) is 11.2 Å². The molecule has 0 amide bonds. The molecule has 0 radical (unpaired) electrons. The van der Waals surface area contributed by atoms with E-state index in [1.54, 1.807) is 36.7 Å². The van der Waals surface area contributed by atoms with Crippen LogP contribution in [0, 0.1) is 17.0 Å². The van der Waals surface area contributed by atoms with Gasteiger partial charge in [-0.25, -0.2) is 23.7 Å². The molecule has 4 rings (SSSR count). The van der Waals surface area contributed by atoms with Gasteiger partial charge < -0.3 is 14.3 Å². The predicted octanol–water partition coefficient (Wildman–Crippen LogP) is 4.73. The van der Waals surface area contributed by atoms with E-state index in [1.165, 1.54) is 26.0 Å². The van der Waals surface area contributed by atoms with Crippen molar-refractivity contribution in [2.75, 3.05) is 20.5 Å². The Balaban J connectivity index is 2.11. The van der Waals surface area contributed by atoms with E-state index in [0.717, 1.165) is 12.4 Å². The summed E-state index contributed by atoms with van der Waals surface area (Å²) in [5.74, 6) is -2.08. The smallest absolute Gasteiger partial charge is 0.189 e. The van der Waals surface area contributed by atoms with E-state index >= 15 is 8.78 Å². The molecule has 3 heterocycles. The molecule has 0 saturated carbocycles. The highest BCUT2D eigenvalue weighted by atomic mass is 32.2. The van der Waals surface area contributed by atoms with Crippen molar-refractivity contribution in [3.05, 3.63) is 41.9 Å². The Morgan fingerprint density at radius 1 is 1.09 bits per heavy atom. The second-order valence-electron chi connectivity index (χ2n) is 8.19. The molecule has 10 heteroatoms. The van der Waals surface area contributed by atoms with Crippen LogP contribution < -0.4 is 9.47 Å². The molecular formula is C23H22F2N4O3S. The maximum Gasteiger partial charge on any atom is 0.189 e. The Kier molecular flexibility index (Phi) is 5.96. The van der Waals surface area contributed by atoms with Gasteiger partial charge in [0.2, 0.25) is 0 Å². The molecule has 0 bridgehead atoms. The van der Waals surface area contributed by atoms with Gasteiger partial charge in [0.1, 0.15) is 17.6 Å². The van der Waals surface area contributed by atoms with Gasteiger partial charge in [0.25, 0.3) is 0 Å². The lowest BCUT2D eigenvalue weighted by molar-refractivity contribution is -0.114. The number of ether oxygens (including phenoxy) is 2. The number of carbonyl (C=O) groups is 1. The highest BCUT2D eigenvalue weighted by Gasteiger charge is 2.26. The first-order valence-electron chi connectivity index (χ1n) is 10.0. The van der Waals surface area contributed by atoms with Crippen molar-refractivity contribution in [2.45, 2.75) is 25.4 Å². The van der Waals surface area contributed by atoms with Crippen LogP contribution in [0.4, 0.5) is 8.78 Å².